The largest absolute Gasteiger partial charge is 0.378 e. The Labute approximate surface area is 180 Å². The van der Waals surface area contributed by atoms with E-state index in [2.05, 4.69) is 20.4 Å². The summed E-state index contributed by atoms with van der Waals surface area (Å²) in [7, 11) is 5.94. The molecule has 0 bridgehead atoms. The van der Waals surface area contributed by atoms with Crippen molar-refractivity contribution in [3.05, 3.63) is 65.0 Å². The molecule has 156 valence electrons. The number of aromatic nitrogens is 2. The predicted molar refractivity (Wildman–Crippen MR) is 117 cm³/mol. The number of rotatable bonds is 5. The number of benzene rings is 2. The first kappa shape index (κ1) is 20.4. The molecule has 7 nitrogen and oxygen atoms in total. The van der Waals surface area contributed by atoms with Gasteiger partial charge in [-0.15, -0.1) is 0 Å². The van der Waals surface area contributed by atoms with Crippen LogP contribution in [-0.4, -0.2) is 54.7 Å². The third-order valence-corrected chi connectivity index (χ3v) is 5.61. The second kappa shape index (κ2) is 8.45. The van der Waals surface area contributed by atoms with Crippen molar-refractivity contribution < 1.29 is 9.32 Å². The van der Waals surface area contributed by atoms with Crippen LogP contribution in [0.25, 0.3) is 11.4 Å². The maximum Gasteiger partial charge on any atom is 0.251 e. The number of carbonyl (C=O) groups is 1. The number of hydrogen-bond donors (Lipinski definition) is 1. The molecule has 1 amide bonds. The molecule has 1 fully saturated rings. The molecule has 2 atom stereocenters. The van der Waals surface area contributed by atoms with Crippen LogP contribution in [0.15, 0.2) is 53.1 Å². The van der Waals surface area contributed by atoms with Crippen molar-refractivity contribution in [1.82, 2.24) is 20.4 Å². The Morgan fingerprint density at radius 3 is 2.53 bits per heavy atom. The Bertz CT molecular complexity index is 1020. The van der Waals surface area contributed by atoms with Crippen LogP contribution in [0, 0.1) is 0 Å². The number of likely N-dealkylation sites (tertiary alicyclic amines) is 1. The Balaban J connectivity index is 1.41. The topological polar surface area (TPSA) is 74.5 Å². The van der Waals surface area contributed by atoms with E-state index in [-0.39, 0.29) is 18.0 Å². The fourth-order valence-electron chi connectivity index (χ4n) is 3.66. The lowest BCUT2D eigenvalue weighted by Gasteiger charge is -2.15. The minimum absolute atomic E-state index is 0.00640. The number of carbonyl (C=O) groups excluding carboxylic acids is 1. The highest BCUT2D eigenvalue weighted by atomic mass is 35.5. The second-order valence-corrected chi connectivity index (χ2v) is 8.20. The lowest BCUT2D eigenvalue weighted by Crippen LogP contribution is -2.36. The minimum Gasteiger partial charge on any atom is -0.378 e. The highest BCUT2D eigenvalue weighted by molar-refractivity contribution is 6.30. The molecule has 1 aliphatic heterocycles. The second-order valence-electron chi connectivity index (χ2n) is 7.77. The number of halogens is 1. The molecule has 1 N–H and O–H groups in total. The first-order chi connectivity index (χ1) is 14.4. The molecular weight excluding hydrogens is 402 g/mol. The molecule has 0 saturated carbocycles. The molecule has 0 spiro atoms. The molecule has 3 aromatic rings. The van der Waals surface area contributed by atoms with E-state index >= 15 is 0 Å². The minimum atomic E-state index is -0.0771. The number of hydrogen-bond acceptors (Lipinski definition) is 6. The Hall–Kier alpha value is -2.90. The highest BCUT2D eigenvalue weighted by Gasteiger charge is 2.35. The smallest absolute Gasteiger partial charge is 0.251 e. The van der Waals surface area contributed by atoms with E-state index in [1.165, 1.54) is 0 Å². The van der Waals surface area contributed by atoms with Crippen LogP contribution in [0.5, 0.6) is 0 Å². The molecule has 1 aromatic heterocycles. The third kappa shape index (κ3) is 4.32. The molecule has 4 rings (SSSR count). The van der Waals surface area contributed by atoms with E-state index in [0.717, 1.165) is 11.3 Å². The highest BCUT2D eigenvalue weighted by Crippen LogP contribution is 2.31. The Morgan fingerprint density at radius 2 is 1.87 bits per heavy atom. The third-order valence-electron chi connectivity index (χ3n) is 5.36. The summed E-state index contributed by atoms with van der Waals surface area (Å²) in [6.07, 6.45) is 0.709. The van der Waals surface area contributed by atoms with Crippen LogP contribution >= 0.6 is 11.6 Å². The maximum atomic E-state index is 12.6. The van der Waals surface area contributed by atoms with Crippen LogP contribution in [-0.2, 0) is 0 Å². The lowest BCUT2D eigenvalue weighted by atomic mass is 10.1. The number of anilines is 1. The van der Waals surface area contributed by atoms with Gasteiger partial charge in [0.2, 0.25) is 11.7 Å². The molecule has 30 heavy (non-hydrogen) atoms. The molecule has 0 aliphatic carbocycles. The summed E-state index contributed by atoms with van der Waals surface area (Å²) in [4.78, 5) is 21.3. The Kier molecular flexibility index (Phi) is 5.74. The van der Waals surface area contributed by atoms with Crippen molar-refractivity contribution in [3.8, 4) is 11.4 Å². The van der Waals surface area contributed by atoms with E-state index in [4.69, 9.17) is 16.1 Å². The lowest BCUT2D eigenvalue weighted by molar-refractivity contribution is 0.0938. The summed E-state index contributed by atoms with van der Waals surface area (Å²) < 4.78 is 5.52. The Morgan fingerprint density at radius 1 is 1.17 bits per heavy atom. The van der Waals surface area contributed by atoms with E-state index in [1.54, 1.807) is 12.1 Å². The molecule has 2 aromatic carbocycles. The first-order valence-corrected chi connectivity index (χ1v) is 10.2. The van der Waals surface area contributed by atoms with Gasteiger partial charge in [0.15, 0.2) is 0 Å². The van der Waals surface area contributed by atoms with Gasteiger partial charge in [0.25, 0.3) is 5.91 Å². The van der Waals surface area contributed by atoms with Gasteiger partial charge in [-0.2, -0.15) is 4.98 Å². The number of nitrogens with one attached hydrogen (secondary N) is 1. The van der Waals surface area contributed by atoms with Gasteiger partial charge in [0, 0.05) is 48.5 Å². The average molecular weight is 426 g/mol. The molecule has 1 saturated heterocycles. The average Bonchev–Trinajstić information content (AvgIpc) is 3.35. The zero-order chi connectivity index (χ0) is 21.3. The van der Waals surface area contributed by atoms with Crippen molar-refractivity contribution in [2.24, 2.45) is 0 Å². The van der Waals surface area contributed by atoms with Crippen molar-refractivity contribution >= 4 is 23.2 Å². The fraction of sp³-hybridized carbons (Fsp3) is 0.318. The van der Waals surface area contributed by atoms with Crippen molar-refractivity contribution in [1.29, 1.82) is 0 Å². The SMILES string of the molecule is CN(C)c1ccc(C(=O)N[C@H]2C[C@@H](c3nc(-c4ccc(Cl)cc4)no3)N(C)C2)cc1. The van der Waals surface area contributed by atoms with E-state index < -0.39 is 0 Å². The summed E-state index contributed by atoms with van der Waals surface area (Å²) in [6, 6.07) is 14.8. The number of likely N-dealkylation sites (N-methyl/N-ethyl adjacent to an activating group) is 1. The van der Waals surface area contributed by atoms with Crippen LogP contribution in [0.4, 0.5) is 5.69 Å². The fourth-order valence-corrected chi connectivity index (χ4v) is 3.79. The van der Waals surface area contributed by atoms with Crippen molar-refractivity contribution in [2.45, 2.75) is 18.5 Å². The van der Waals surface area contributed by atoms with E-state index in [0.29, 0.717) is 35.3 Å². The predicted octanol–water partition coefficient (Wildman–Crippen LogP) is 3.63. The molecular formula is C22H24ClN5O2. The van der Waals surface area contributed by atoms with Crippen LogP contribution in [0.2, 0.25) is 5.02 Å². The maximum absolute atomic E-state index is 12.6. The summed E-state index contributed by atoms with van der Waals surface area (Å²) in [5.74, 6) is 1.00. The van der Waals surface area contributed by atoms with Gasteiger partial charge in [0.1, 0.15) is 0 Å². The van der Waals surface area contributed by atoms with E-state index in [1.807, 2.05) is 62.4 Å². The first-order valence-electron chi connectivity index (χ1n) is 9.79. The summed E-state index contributed by atoms with van der Waals surface area (Å²) in [6.45, 7) is 0.713. The molecule has 2 heterocycles. The van der Waals surface area contributed by atoms with Crippen molar-refractivity contribution in [3.63, 3.8) is 0 Å². The standard InChI is InChI=1S/C22H24ClN5O2/c1-27(2)18-10-6-15(7-11-18)21(29)24-17-12-19(28(3)13-17)22-25-20(26-30-22)14-4-8-16(23)9-5-14/h4-11,17,19H,12-13H2,1-3H3,(H,24,29)/t17-,19-/m0/s1. The van der Waals surface area contributed by atoms with Gasteiger partial charge in [-0.25, -0.2) is 0 Å². The van der Waals surface area contributed by atoms with Crippen LogP contribution in [0.3, 0.4) is 0 Å². The monoisotopic (exact) mass is 425 g/mol. The molecule has 8 heteroatoms. The zero-order valence-corrected chi connectivity index (χ0v) is 17.9. The quantitative estimate of drug-likeness (QED) is 0.672. The van der Waals surface area contributed by atoms with Crippen molar-refractivity contribution in [2.75, 3.05) is 32.6 Å². The molecule has 0 unspecified atom stereocenters. The van der Waals surface area contributed by atoms with Gasteiger partial charge in [-0.1, -0.05) is 16.8 Å². The molecule has 0 radical (unpaired) electrons. The molecule has 1 aliphatic rings. The van der Waals surface area contributed by atoms with Crippen LogP contribution in [0.1, 0.15) is 28.7 Å². The summed E-state index contributed by atoms with van der Waals surface area (Å²) in [5, 5.41) is 7.88. The number of nitrogens with zero attached hydrogens (tertiary/aromatic N) is 4. The number of amides is 1. The van der Waals surface area contributed by atoms with Crippen LogP contribution < -0.4 is 10.2 Å². The van der Waals surface area contributed by atoms with Gasteiger partial charge in [0.05, 0.1) is 6.04 Å². The normalized spacial score (nSPS) is 19.1. The van der Waals surface area contributed by atoms with Gasteiger partial charge >= 0.3 is 0 Å². The summed E-state index contributed by atoms with van der Waals surface area (Å²) in [5.41, 5.74) is 2.55. The van der Waals surface area contributed by atoms with Gasteiger partial charge in [-0.3, -0.25) is 9.69 Å². The zero-order valence-electron chi connectivity index (χ0n) is 17.2. The van der Waals surface area contributed by atoms with Gasteiger partial charge in [-0.05, 0) is 62.0 Å². The van der Waals surface area contributed by atoms with E-state index in [9.17, 15) is 4.79 Å². The van der Waals surface area contributed by atoms with Gasteiger partial charge < -0.3 is 14.7 Å². The summed E-state index contributed by atoms with van der Waals surface area (Å²) >= 11 is 5.94.